The Balaban J connectivity index is 1.18. The van der Waals surface area contributed by atoms with Crippen molar-refractivity contribution in [1.82, 2.24) is 56.4 Å². The zero-order chi connectivity index (χ0) is 70.4. The van der Waals surface area contributed by atoms with Crippen molar-refractivity contribution in [2.45, 2.75) is 220 Å². The number of likely N-dealkylation sites (N-methyl/N-ethyl adjacent to an activating group) is 2. The summed E-state index contributed by atoms with van der Waals surface area (Å²) in [7, 11) is 6.42. The third-order valence-corrected chi connectivity index (χ3v) is 18.0. The third-order valence-electron chi connectivity index (χ3n) is 18.0. The normalized spacial score (nSPS) is 18.3. The summed E-state index contributed by atoms with van der Waals surface area (Å²) in [5.41, 5.74) is 5.41. The lowest BCUT2D eigenvalue weighted by atomic mass is 9.89. The standard InChI is InChI=1S/C68H107N11O16/c1-16-43(6)60(51(91-14)39-55(83)77-35-24-28-50(77)61(92-15)44(7)62(85)70-49(65(88)79-36-22-23-37-93-79)38-46-40-69-48-27-20-19-26-47(46)48)76(13)66(89)57(41(2)3)71-64(87)59(42(4)5)75(12)33-25-30-56(84)94-45(8)58(72-67(90)95-68(9,10)11)63(86)74-73-52(80)29-18-17-21-34-78-53(81)31-32-54(78)82/h19-20,26-27,31-32,40-45,49-51,57-61,69H,16-18,21-25,28-30,33-39H2,1-15H3,(H,70,85)(H,71,87)(H,72,90)(H,73,80)(H,74,86)/t43-,44+,45+,49-,50-,51+,57-,58-,59-,60-,61+/m0/s1. The van der Waals surface area contributed by atoms with Gasteiger partial charge in [0.2, 0.25) is 29.5 Å². The second-order valence-corrected chi connectivity index (χ2v) is 27.0. The molecule has 3 aliphatic heterocycles. The molecule has 1 aromatic heterocycles. The van der Waals surface area contributed by atoms with Crippen molar-refractivity contribution in [3.63, 3.8) is 0 Å². The molecule has 2 saturated heterocycles. The number of benzene rings is 1. The van der Waals surface area contributed by atoms with Crippen LogP contribution in [0.1, 0.15) is 159 Å². The molecule has 4 heterocycles. The van der Waals surface area contributed by atoms with Crippen molar-refractivity contribution in [1.29, 1.82) is 0 Å². The second-order valence-electron chi connectivity index (χ2n) is 27.0. The minimum atomic E-state index is -1.51. The number of para-hydroxylation sites is 1. The molecule has 27 heteroatoms. The molecule has 0 unspecified atom stereocenters. The molecule has 530 valence electrons. The fourth-order valence-corrected chi connectivity index (χ4v) is 12.7. The van der Waals surface area contributed by atoms with Gasteiger partial charge in [-0.25, -0.2) is 9.86 Å². The number of rotatable bonds is 35. The van der Waals surface area contributed by atoms with Gasteiger partial charge in [0.15, 0.2) is 0 Å². The van der Waals surface area contributed by atoms with Gasteiger partial charge in [0.25, 0.3) is 23.6 Å². The number of esters is 1. The number of aromatic nitrogens is 1. The van der Waals surface area contributed by atoms with Crippen molar-refractivity contribution in [3.8, 4) is 0 Å². The van der Waals surface area contributed by atoms with E-state index < -0.39 is 102 Å². The van der Waals surface area contributed by atoms with E-state index in [2.05, 4.69) is 31.8 Å². The number of hydrogen-bond donors (Lipinski definition) is 6. The molecule has 27 nitrogen and oxygen atoms in total. The Morgan fingerprint density at radius 1 is 0.768 bits per heavy atom. The predicted octanol–water partition coefficient (Wildman–Crippen LogP) is 5.00. The number of amides is 10. The number of fused-ring (bicyclic) bond motifs is 1. The van der Waals surface area contributed by atoms with Gasteiger partial charge in [0.05, 0.1) is 49.3 Å². The Morgan fingerprint density at radius 3 is 2.08 bits per heavy atom. The van der Waals surface area contributed by atoms with Crippen LogP contribution >= 0.6 is 0 Å². The van der Waals surface area contributed by atoms with Gasteiger partial charge in [0.1, 0.15) is 29.8 Å². The summed E-state index contributed by atoms with van der Waals surface area (Å²) in [5.74, 6) is -6.34. The first kappa shape index (κ1) is 78.2. The molecule has 3 aliphatic rings. The van der Waals surface area contributed by atoms with E-state index in [-0.39, 0.29) is 92.5 Å². The number of hydroxylamine groups is 2. The number of aromatic amines is 1. The number of carbonyl (C=O) groups excluding carboxylic acids is 11. The van der Waals surface area contributed by atoms with Crippen LogP contribution < -0.4 is 26.8 Å². The van der Waals surface area contributed by atoms with E-state index >= 15 is 0 Å². The number of carbonyl (C=O) groups is 11. The first-order valence-electron chi connectivity index (χ1n) is 33.7. The van der Waals surface area contributed by atoms with E-state index in [4.69, 9.17) is 23.8 Å². The number of nitrogens with one attached hydrogen (secondary N) is 6. The van der Waals surface area contributed by atoms with Crippen molar-refractivity contribution >= 4 is 76.1 Å². The molecule has 10 amide bonds. The molecule has 11 atom stereocenters. The smallest absolute Gasteiger partial charge is 0.408 e. The van der Waals surface area contributed by atoms with Crippen LogP contribution in [0.15, 0.2) is 42.6 Å². The van der Waals surface area contributed by atoms with Crippen LogP contribution in [-0.2, 0) is 78.2 Å². The summed E-state index contributed by atoms with van der Waals surface area (Å²) >= 11 is 0. The molecular formula is C68H107N11O16. The minimum Gasteiger partial charge on any atom is -0.460 e. The quantitative estimate of drug-likeness (QED) is 0.0229. The number of nitrogens with zero attached hydrogens (tertiary/aromatic N) is 5. The van der Waals surface area contributed by atoms with Gasteiger partial charge < -0.3 is 49.7 Å². The molecule has 5 rings (SSSR count). The SMILES string of the molecule is CC[C@H](C)[C@@H]([C@@H](CC(=O)N1CCC[C@H]1[C@H](OC)[C@@H](C)C(=O)N[C@@H](Cc1c[nH]c2ccccc12)C(=O)N1CCCCO1)OC)N(C)C(=O)[C@@H](NC(=O)[C@H](C(C)C)N(C)CCCC(=O)O[C@H](C)[C@H](NC(=O)OC(C)(C)C)C(=O)NNC(=O)CCCCCN1C(=O)C=CC1=O)C(C)C. The second kappa shape index (κ2) is 37.1. The Morgan fingerprint density at radius 2 is 1.46 bits per heavy atom. The van der Waals surface area contributed by atoms with Gasteiger partial charge in [-0.05, 0) is 116 Å². The zero-order valence-electron chi connectivity index (χ0n) is 58.5. The van der Waals surface area contributed by atoms with E-state index in [1.165, 1.54) is 38.4 Å². The van der Waals surface area contributed by atoms with Crippen molar-refractivity contribution in [3.05, 3.63) is 48.2 Å². The van der Waals surface area contributed by atoms with Crippen LogP contribution in [0.4, 0.5) is 4.79 Å². The van der Waals surface area contributed by atoms with Crippen LogP contribution in [0.2, 0.25) is 0 Å². The molecule has 2 aromatic rings. The predicted molar refractivity (Wildman–Crippen MR) is 354 cm³/mol. The lowest BCUT2D eigenvalue weighted by Gasteiger charge is -2.41. The molecular weight excluding hydrogens is 1230 g/mol. The Labute approximate surface area is 559 Å². The summed E-state index contributed by atoms with van der Waals surface area (Å²) in [6, 6.07) is 2.43. The summed E-state index contributed by atoms with van der Waals surface area (Å²) in [6.07, 6.45) is 5.47. The largest absolute Gasteiger partial charge is 0.460 e. The average molecular weight is 1330 g/mol. The number of ether oxygens (including phenoxy) is 4. The fraction of sp³-hybridized carbons (Fsp3) is 0.691. The van der Waals surface area contributed by atoms with Crippen LogP contribution in [-0.4, -0.2) is 216 Å². The number of hydrogen-bond acceptors (Lipinski definition) is 17. The molecule has 1 aromatic carbocycles. The monoisotopic (exact) mass is 1330 g/mol. The highest BCUT2D eigenvalue weighted by Gasteiger charge is 2.44. The van der Waals surface area contributed by atoms with Crippen molar-refractivity contribution in [2.24, 2.45) is 23.7 Å². The molecule has 95 heavy (non-hydrogen) atoms. The Kier molecular flexibility index (Phi) is 30.6. The molecule has 2 fully saturated rings. The number of methoxy groups -OCH3 is 2. The lowest BCUT2D eigenvalue weighted by molar-refractivity contribution is -0.199. The third kappa shape index (κ3) is 22.6. The molecule has 0 spiro atoms. The zero-order valence-corrected chi connectivity index (χ0v) is 58.5. The molecule has 0 saturated carbocycles. The van der Waals surface area contributed by atoms with Gasteiger partial charge in [-0.2, -0.15) is 0 Å². The highest BCUT2D eigenvalue weighted by molar-refractivity contribution is 6.12. The number of H-pyrrole nitrogens is 1. The molecule has 0 bridgehead atoms. The number of unbranched alkanes of at least 4 members (excludes halogenated alkanes) is 2. The van der Waals surface area contributed by atoms with Gasteiger partial charge >= 0.3 is 12.1 Å². The van der Waals surface area contributed by atoms with Gasteiger partial charge in [0, 0.05) is 89.4 Å². The first-order chi connectivity index (χ1) is 44.9. The highest BCUT2D eigenvalue weighted by atomic mass is 16.7. The maximum absolute atomic E-state index is 14.9. The topological polar surface area (TPSA) is 326 Å². The molecule has 0 aliphatic carbocycles. The van der Waals surface area contributed by atoms with Gasteiger partial charge in [-0.15, -0.1) is 0 Å². The fourth-order valence-electron chi connectivity index (χ4n) is 12.7. The number of imide groups is 1. The maximum Gasteiger partial charge on any atom is 0.408 e. The van der Waals surface area contributed by atoms with Gasteiger partial charge in [-0.3, -0.25) is 73.4 Å². The van der Waals surface area contributed by atoms with Crippen molar-refractivity contribution < 1.29 is 76.5 Å². The Bertz CT molecular complexity index is 2960. The van der Waals surface area contributed by atoms with Crippen LogP contribution in [0, 0.1) is 23.7 Å². The molecule has 6 N–H and O–H groups in total. The van der Waals surface area contributed by atoms with E-state index in [1.54, 1.807) is 56.5 Å². The first-order valence-corrected chi connectivity index (χ1v) is 33.7. The Hall–Kier alpha value is -7.49. The van der Waals surface area contributed by atoms with E-state index in [0.29, 0.717) is 58.2 Å². The van der Waals surface area contributed by atoms with E-state index in [1.807, 2.05) is 72.0 Å². The summed E-state index contributed by atoms with van der Waals surface area (Å²) in [5, 5.41) is 10.8. The number of alkyl carbamates (subject to hydrolysis) is 1. The van der Waals surface area contributed by atoms with Crippen molar-refractivity contribution in [2.75, 3.05) is 61.1 Å². The lowest BCUT2D eigenvalue weighted by Crippen LogP contribution is -2.60. The van der Waals surface area contributed by atoms with Crippen LogP contribution in [0.3, 0.4) is 0 Å². The average Bonchev–Trinajstić information content (AvgIpc) is 1.80. The van der Waals surface area contributed by atoms with Crippen LogP contribution in [0.5, 0.6) is 0 Å². The maximum atomic E-state index is 14.9. The number of likely N-dealkylation sites (tertiary alicyclic amines) is 1. The van der Waals surface area contributed by atoms with Crippen LogP contribution in [0.25, 0.3) is 10.9 Å². The summed E-state index contributed by atoms with van der Waals surface area (Å²) in [6.45, 7) is 21.1. The molecule has 0 radical (unpaired) electrons. The highest BCUT2D eigenvalue weighted by Crippen LogP contribution is 2.31. The van der Waals surface area contributed by atoms with E-state index in [0.717, 1.165) is 34.2 Å². The minimum absolute atomic E-state index is 0.000572. The summed E-state index contributed by atoms with van der Waals surface area (Å²) < 4.78 is 23.3. The summed E-state index contributed by atoms with van der Waals surface area (Å²) in [4.78, 5) is 164. The van der Waals surface area contributed by atoms with Gasteiger partial charge in [-0.1, -0.05) is 79.5 Å². The van der Waals surface area contributed by atoms with E-state index in [9.17, 15) is 52.7 Å². The number of hydrazine groups is 1.